The van der Waals surface area contributed by atoms with E-state index >= 15 is 0 Å². The summed E-state index contributed by atoms with van der Waals surface area (Å²) in [4.78, 5) is 47.5. The molecule has 0 aromatic heterocycles. The minimum Gasteiger partial charge on any atom is -0.497 e. The van der Waals surface area contributed by atoms with Gasteiger partial charge in [-0.1, -0.05) is 12.1 Å². The van der Waals surface area contributed by atoms with E-state index in [1.807, 2.05) is 12.1 Å². The normalized spacial score (nSPS) is 12.7. The molecule has 9 nitrogen and oxygen atoms in total. The predicted molar refractivity (Wildman–Crippen MR) is 96.1 cm³/mol. The van der Waals surface area contributed by atoms with Gasteiger partial charge >= 0.3 is 5.97 Å². The van der Waals surface area contributed by atoms with E-state index < -0.39 is 29.3 Å². The molecule has 28 heavy (non-hydrogen) atoms. The lowest BCUT2D eigenvalue weighted by molar-refractivity contribution is -0.384. The Morgan fingerprint density at radius 3 is 2.39 bits per heavy atom. The van der Waals surface area contributed by atoms with E-state index in [4.69, 9.17) is 9.47 Å². The van der Waals surface area contributed by atoms with Crippen molar-refractivity contribution in [1.29, 1.82) is 0 Å². The van der Waals surface area contributed by atoms with Gasteiger partial charge in [-0.15, -0.1) is 0 Å². The first-order valence-electron chi connectivity index (χ1n) is 8.34. The maximum Gasteiger partial charge on any atom is 0.326 e. The van der Waals surface area contributed by atoms with Crippen LogP contribution in [0.25, 0.3) is 0 Å². The van der Waals surface area contributed by atoms with Crippen molar-refractivity contribution in [2.24, 2.45) is 0 Å². The van der Waals surface area contributed by atoms with E-state index in [0.717, 1.165) is 22.6 Å². The number of hydrogen-bond acceptors (Lipinski definition) is 7. The number of rotatable bonds is 7. The lowest BCUT2D eigenvalue weighted by atomic mass is 10.1. The molecular formula is C19H16N2O7. The van der Waals surface area contributed by atoms with Crippen LogP contribution < -0.4 is 4.74 Å². The van der Waals surface area contributed by atoms with Gasteiger partial charge in [0.25, 0.3) is 17.5 Å². The van der Waals surface area contributed by atoms with Crippen molar-refractivity contribution in [3.63, 3.8) is 0 Å². The van der Waals surface area contributed by atoms with Gasteiger partial charge in [0, 0.05) is 18.6 Å². The van der Waals surface area contributed by atoms with Crippen LogP contribution in [0.3, 0.4) is 0 Å². The van der Waals surface area contributed by atoms with Crippen molar-refractivity contribution in [2.75, 3.05) is 20.3 Å². The van der Waals surface area contributed by atoms with Crippen LogP contribution in [0.2, 0.25) is 0 Å². The van der Waals surface area contributed by atoms with Crippen molar-refractivity contribution in [3.05, 3.63) is 69.3 Å². The van der Waals surface area contributed by atoms with Gasteiger partial charge in [-0.2, -0.15) is 0 Å². The summed E-state index contributed by atoms with van der Waals surface area (Å²) >= 11 is 0. The molecule has 1 aliphatic heterocycles. The summed E-state index contributed by atoms with van der Waals surface area (Å²) in [7, 11) is 1.56. The number of carbonyl (C=O) groups excluding carboxylic acids is 3. The molecule has 0 saturated carbocycles. The Labute approximate surface area is 159 Å². The third kappa shape index (κ3) is 3.83. The Morgan fingerprint density at radius 1 is 1.07 bits per heavy atom. The number of nitro benzene ring substituents is 1. The fourth-order valence-corrected chi connectivity index (χ4v) is 2.79. The van der Waals surface area contributed by atoms with Crippen LogP contribution in [-0.4, -0.2) is 47.9 Å². The summed E-state index contributed by atoms with van der Waals surface area (Å²) in [5.41, 5.74) is 0.567. The van der Waals surface area contributed by atoms with E-state index in [2.05, 4.69) is 0 Å². The molecule has 0 atom stereocenters. The van der Waals surface area contributed by atoms with Crippen molar-refractivity contribution >= 4 is 23.5 Å². The summed E-state index contributed by atoms with van der Waals surface area (Å²) < 4.78 is 10.2. The van der Waals surface area contributed by atoms with Crippen molar-refractivity contribution in [3.8, 4) is 5.75 Å². The highest BCUT2D eigenvalue weighted by molar-refractivity contribution is 6.22. The topological polar surface area (TPSA) is 116 Å². The maximum absolute atomic E-state index is 12.3. The Morgan fingerprint density at radius 2 is 1.75 bits per heavy atom. The molecule has 9 heteroatoms. The highest BCUT2D eigenvalue weighted by Crippen LogP contribution is 2.26. The molecule has 0 N–H and O–H groups in total. The lowest BCUT2D eigenvalue weighted by Gasteiger charge is -2.13. The molecule has 1 aliphatic rings. The largest absolute Gasteiger partial charge is 0.497 e. The van der Waals surface area contributed by atoms with Gasteiger partial charge in [0.15, 0.2) is 0 Å². The van der Waals surface area contributed by atoms with Crippen molar-refractivity contribution in [2.45, 2.75) is 6.42 Å². The van der Waals surface area contributed by atoms with Crippen molar-refractivity contribution in [1.82, 2.24) is 4.90 Å². The van der Waals surface area contributed by atoms with Crippen LogP contribution in [0.15, 0.2) is 42.5 Å². The first-order valence-corrected chi connectivity index (χ1v) is 8.34. The average Bonchev–Trinajstić information content (AvgIpc) is 2.93. The Bertz CT molecular complexity index is 953. The summed E-state index contributed by atoms with van der Waals surface area (Å²) in [6, 6.07) is 10.6. The zero-order chi connectivity index (χ0) is 20.3. The van der Waals surface area contributed by atoms with Crippen LogP contribution in [0.1, 0.15) is 26.3 Å². The van der Waals surface area contributed by atoms with Gasteiger partial charge < -0.3 is 9.47 Å². The number of ether oxygens (including phenoxy) is 2. The molecule has 2 aromatic carbocycles. The molecule has 0 saturated heterocycles. The summed E-state index contributed by atoms with van der Waals surface area (Å²) in [5.74, 6) is -1.46. The lowest BCUT2D eigenvalue weighted by Crippen LogP contribution is -2.35. The Kier molecular flexibility index (Phi) is 5.35. The first kappa shape index (κ1) is 19.0. The molecule has 2 aromatic rings. The van der Waals surface area contributed by atoms with Crippen LogP contribution in [-0.2, 0) is 16.0 Å². The van der Waals surface area contributed by atoms with Gasteiger partial charge in [-0.05, 0) is 23.8 Å². The van der Waals surface area contributed by atoms with E-state index in [1.54, 1.807) is 19.2 Å². The predicted octanol–water partition coefficient (Wildman–Crippen LogP) is 1.99. The maximum atomic E-state index is 12.3. The third-order valence-corrected chi connectivity index (χ3v) is 4.27. The molecule has 2 amide bonds. The molecule has 0 radical (unpaired) electrons. The third-order valence-electron chi connectivity index (χ3n) is 4.27. The number of carbonyl (C=O) groups is 3. The fourth-order valence-electron chi connectivity index (χ4n) is 2.79. The van der Waals surface area contributed by atoms with Crippen LogP contribution in [0.4, 0.5) is 5.69 Å². The molecule has 0 unspecified atom stereocenters. The second kappa shape index (κ2) is 7.87. The van der Waals surface area contributed by atoms with Gasteiger partial charge in [-0.25, -0.2) is 0 Å². The number of nitrogens with zero attached hydrogens (tertiary/aromatic N) is 2. The number of non-ortho nitro benzene ring substituents is 1. The fraction of sp³-hybridized carbons (Fsp3) is 0.211. The number of nitro groups is 1. The van der Waals surface area contributed by atoms with E-state index in [9.17, 15) is 24.5 Å². The molecule has 3 rings (SSSR count). The SMILES string of the molecule is COc1ccc(CCOC(=O)CN2C(=O)c3ccc([N+](=O)[O-])cc3C2=O)cc1. The van der Waals surface area contributed by atoms with E-state index in [0.29, 0.717) is 12.2 Å². The van der Waals surface area contributed by atoms with Crippen LogP contribution in [0, 0.1) is 10.1 Å². The minimum absolute atomic E-state index is 0.0293. The number of esters is 1. The summed E-state index contributed by atoms with van der Waals surface area (Å²) in [6.07, 6.45) is 0.462. The summed E-state index contributed by atoms with van der Waals surface area (Å²) in [5, 5.41) is 10.8. The minimum atomic E-state index is -0.754. The number of hydrogen-bond donors (Lipinski definition) is 0. The highest BCUT2D eigenvalue weighted by atomic mass is 16.6. The standard InChI is InChI=1S/C19H16N2O7/c1-27-14-5-2-12(3-6-14)8-9-28-17(22)11-20-18(23)15-7-4-13(21(25)26)10-16(15)19(20)24/h2-7,10H,8-9,11H2,1H3. The van der Waals surface area contributed by atoms with Gasteiger partial charge in [0.05, 0.1) is 29.8 Å². The smallest absolute Gasteiger partial charge is 0.326 e. The molecule has 0 spiro atoms. The zero-order valence-corrected chi connectivity index (χ0v) is 14.9. The Hall–Kier alpha value is -3.75. The van der Waals surface area contributed by atoms with Gasteiger partial charge in [-0.3, -0.25) is 29.4 Å². The molecule has 0 fully saturated rings. The number of methoxy groups -OCH3 is 1. The first-order chi connectivity index (χ1) is 13.4. The van der Waals surface area contributed by atoms with Crippen LogP contribution in [0.5, 0.6) is 5.75 Å². The average molecular weight is 384 g/mol. The number of benzene rings is 2. The van der Waals surface area contributed by atoms with E-state index in [1.165, 1.54) is 6.07 Å². The highest BCUT2D eigenvalue weighted by Gasteiger charge is 2.38. The molecular weight excluding hydrogens is 368 g/mol. The molecule has 0 aliphatic carbocycles. The number of imide groups is 1. The molecule has 0 bridgehead atoms. The van der Waals surface area contributed by atoms with Crippen LogP contribution >= 0.6 is 0 Å². The number of fused-ring (bicyclic) bond motifs is 1. The van der Waals surface area contributed by atoms with E-state index in [-0.39, 0.29) is 23.4 Å². The molecule has 144 valence electrons. The quantitative estimate of drug-likeness (QED) is 0.310. The van der Waals surface area contributed by atoms with Crippen molar-refractivity contribution < 1.29 is 28.8 Å². The second-order valence-electron chi connectivity index (χ2n) is 6.00. The second-order valence-corrected chi connectivity index (χ2v) is 6.00. The van der Waals surface area contributed by atoms with Gasteiger partial charge in [0.2, 0.25) is 0 Å². The summed E-state index contributed by atoms with van der Waals surface area (Å²) in [6.45, 7) is -0.470. The molecule has 1 heterocycles. The Balaban J connectivity index is 1.57. The number of amides is 2. The monoisotopic (exact) mass is 384 g/mol. The van der Waals surface area contributed by atoms with Gasteiger partial charge in [0.1, 0.15) is 12.3 Å². The zero-order valence-electron chi connectivity index (χ0n) is 14.9.